The molecule has 27 heavy (non-hydrogen) atoms. The van der Waals surface area contributed by atoms with Gasteiger partial charge in [-0.05, 0) is 48.4 Å². The van der Waals surface area contributed by atoms with Crippen LogP contribution in [-0.2, 0) is 19.1 Å². The maximum absolute atomic E-state index is 12.3. The van der Waals surface area contributed by atoms with Crippen molar-refractivity contribution in [1.82, 2.24) is 5.32 Å². The maximum atomic E-state index is 12.3. The highest BCUT2D eigenvalue weighted by Crippen LogP contribution is 2.36. The summed E-state index contributed by atoms with van der Waals surface area (Å²) in [5.41, 5.74) is -4.42. The number of hydrogen-bond acceptors (Lipinski definition) is 6. The zero-order valence-corrected chi connectivity index (χ0v) is 15.8. The number of thioether (sulfide) groups is 1. The summed E-state index contributed by atoms with van der Waals surface area (Å²) in [6, 6.07) is 3.74. The molecule has 1 unspecified atom stereocenters. The van der Waals surface area contributed by atoms with E-state index in [0.717, 1.165) is 12.1 Å². The Morgan fingerprint density at radius 2 is 1.74 bits per heavy atom. The van der Waals surface area contributed by atoms with Crippen LogP contribution in [0.1, 0.15) is 30.6 Å². The van der Waals surface area contributed by atoms with E-state index < -0.39 is 36.0 Å². The Morgan fingerprint density at radius 3 is 2.22 bits per heavy atom. The lowest BCUT2D eigenvalue weighted by molar-refractivity contribution is -0.145. The lowest BCUT2D eigenvalue weighted by atomic mass is 10.0. The van der Waals surface area contributed by atoms with E-state index in [-0.39, 0.29) is 28.1 Å². The van der Waals surface area contributed by atoms with Crippen molar-refractivity contribution in [3.8, 4) is 0 Å². The van der Waals surface area contributed by atoms with Gasteiger partial charge in [0.15, 0.2) is 6.61 Å². The molecular formula is C17H20F3NO5S. The summed E-state index contributed by atoms with van der Waals surface area (Å²) < 4.78 is 46.2. The van der Waals surface area contributed by atoms with Gasteiger partial charge in [-0.1, -0.05) is 13.8 Å². The molecule has 0 saturated carbocycles. The van der Waals surface area contributed by atoms with Gasteiger partial charge in [0.2, 0.25) is 0 Å². The van der Waals surface area contributed by atoms with Gasteiger partial charge in [-0.3, -0.25) is 4.79 Å². The van der Waals surface area contributed by atoms with E-state index in [2.05, 4.69) is 10.1 Å². The Bertz CT molecular complexity index is 662. The van der Waals surface area contributed by atoms with Crippen LogP contribution >= 0.6 is 11.8 Å². The third-order valence-corrected chi connectivity index (χ3v) is 3.93. The van der Waals surface area contributed by atoms with Crippen LogP contribution in [0, 0.1) is 5.92 Å². The van der Waals surface area contributed by atoms with Gasteiger partial charge in [-0.2, -0.15) is 13.2 Å². The first-order valence-corrected chi connectivity index (χ1v) is 8.73. The summed E-state index contributed by atoms with van der Waals surface area (Å²) in [5, 5.41) is 2.42. The number of ether oxygens (including phenoxy) is 2. The van der Waals surface area contributed by atoms with Crippen molar-refractivity contribution >= 4 is 29.6 Å². The van der Waals surface area contributed by atoms with Crippen molar-refractivity contribution in [3.05, 3.63) is 29.8 Å². The van der Waals surface area contributed by atoms with Crippen LogP contribution in [0.25, 0.3) is 0 Å². The van der Waals surface area contributed by atoms with Gasteiger partial charge >= 0.3 is 17.4 Å². The molecule has 0 aromatic heterocycles. The van der Waals surface area contributed by atoms with E-state index in [9.17, 15) is 27.6 Å². The Morgan fingerprint density at radius 1 is 1.15 bits per heavy atom. The van der Waals surface area contributed by atoms with Crippen molar-refractivity contribution in [2.75, 3.05) is 13.7 Å². The van der Waals surface area contributed by atoms with Gasteiger partial charge in [0.1, 0.15) is 6.04 Å². The van der Waals surface area contributed by atoms with E-state index in [4.69, 9.17) is 4.74 Å². The second kappa shape index (κ2) is 10.2. The summed E-state index contributed by atoms with van der Waals surface area (Å²) >= 11 is -0.304. The van der Waals surface area contributed by atoms with Crippen LogP contribution in [0.4, 0.5) is 13.2 Å². The third-order valence-electron chi connectivity index (χ3n) is 3.19. The average Bonchev–Trinajstić information content (AvgIpc) is 2.57. The molecule has 1 aromatic rings. The lowest BCUT2D eigenvalue weighted by Gasteiger charge is -2.18. The molecule has 0 aliphatic carbocycles. The van der Waals surface area contributed by atoms with Crippen molar-refractivity contribution in [2.24, 2.45) is 5.92 Å². The first-order chi connectivity index (χ1) is 12.5. The number of hydrogen-bond donors (Lipinski definition) is 1. The van der Waals surface area contributed by atoms with E-state index in [1.54, 1.807) is 0 Å². The number of nitrogens with one attached hydrogen (secondary N) is 1. The van der Waals surface area contributed by atoms with Crippen molar-refractivity contribution in [3.63, 3.8) is 0 Å². The number of esters is 2. The topological polar surface area (TPSA) is 81.7 Å². The molecule has 1 atom stereocenters. The Labute approximate surface area is 158 Å². The molecule has 1 rings (SSSR count). The second-order valence-corrected chi connectivity index (χ2v) is 7.06. The fraction of sp³-hybridized carbons (Fsp3) is 0.471. The molecule has 0 saturated heterocycles. The fourth-order valence-electron chi connectivity index (χ4n) is 2.07. The van der Waals surface area contributed by atoms with Crippen LogP contribution in [0.15, 0.2) is 29.2 Å². The van der Waals surface area contributed by atoms with Gasteiger partial charge < -0.3 is 14.8 Å². The van der Waals surface area contributed by atoms with Crippen LogP contribution < -0.4 is 5.32 Å². The summed E-state index contributed by atoms with van der Waals surface area (Å²) in [7, 11) is 1.20. The SMILES string of the molecule is COC(=O)C(CC(C)C)NC(=O)COC(=O)c1ccc(SC(F)(F)F)cc1. The monoisotopic (exact) mass is 407 g/mol. The molecular weight excluding hydrogens is 387 g/mol. The predicted octanol–water partition coefficient (Wildman–Crippen LogP) is 3.16. The summed E-state index contributed by atoms with van der Waals surface area (Å²) in [5.74, 6) is -2.05. The molecule has 6 nitrogen and oxygen atoms in total. The molecule has 0 radical (unpaired) electrons. The molecule has 10 heteroatoms. The molecule has 0 fully saturated rings. The second-order valence-electron chi connectivity index (χ2n) is 5.92. The maximum Gasteiger partial charge on any atom is 0.446 e. The Hall–Kier alpha value is -2.23. The smallest absolute Gasteiger partial charge is 0.446 e. The number of halogens is 3. The largest absolute Gasteiger partial charge is 0.467 e. The molecule has 0 aliphatic heterocycles. The van der Waals surface area contributed by atoms with Crippen LogP contribution in [0.3, 0.4) is 0 Å². The number of carbonyl (C=O) groups is 3. The average molecular weight is 407 g/mol. The van der Waals surface area contributed by atoms with Crippen LogP contribution in [-0.4, -0.2) is 43.1 Å². The summed E-state index contributed by atoms with van der Waals surface area (Å²) in [6.07, 6.45) is 0.352. The quantitative estimate of drug-likeness (QED) is 0.527. The number of carbonyl (C=O) groups excluding carboxylic acids is 3. The number of amides is 1. The Balaban J connectivity index is 2.57. The van der Waals surface area contributed by atoms with E-state index in [1.807, 2.05) is 13.8 Å². The van der Waals surface area contributed by atoms with Gasteiger partial charge in [0.25, 0.3) is 5.91 Å². The molecule has 1 amide bonds. The van der Waals surface area contributed by atoms with Crippen LogP contribution in [0.2, 0.25) is 0 Å². The zero-order chi connectivity index (χ0) is 20.6. The molecule has 0 spiro atoms. The molecule has 0 aliphatic rings. The van der Waals surface area contributed by atoms with E-state index in [0.29, 0.717) is 6.42 Å². The minimum absolute atomic E-state index is 0.000947. The van der Waals surface area contributed by atoms with E-state index in [1.165, 1.54) is 19.2 Å². The summed E-state index contributed by atoms with van der Waals surface area (Å²) in [4.78, 5) is 35.3. The van der Waals surface area contributed by atoms with Crippen molar-refractivity contribution in [1.29, 1.82) is 0 Å². The van der Waals surface area contributed by atoms with Gasteiger partial charge in [-0.15, -0.1) is 0 Å². The minimum atomic E-state index is -4.42. The molecule has 1 N–H and O–H groups in total. The molecule has 0 bridgehead atoms. The first kappa shape index (κ1) is 22.8. The number of alkyl halides is 3. The zero-order valence-electron chi connectivity index (χ0n) is 15.0. The normalized spacial score (nSPS) is 12.4. The van der Waals surface area contributed by atoms with E-state index >= 15 is 0 Å². The predicted molar refractivity (Wildman–Crippen MR) is 92.0 cm³/mol. The van der Waals surface area contributed by atoms with Crippen molar-refractivity contribution < 1.29 is 37.0 Å². The summed E-state index contributed by atoms with van der Waals surface area (Å²) in [6.45, 7) is 3.09. The highest BCUT2D eigenvalue weighted by molar-refractivity contribution is 8.00. The standard InChI is InChI=1S/C17H20F3NO5S/c1-10(2)8-13(16(24)25-3)21-14(22)9-26-15(23)11-4-6-12(7-5-11)27-17(18,19)20/h4-7,10,13H,8-9H2,1-3H3,(H,21,22). The fourth-order valence-corrected chi connectivity index (χ4v) is 2.61. The first-order valence-electron chi connectivity index (χ1n) is 7.92. The minimum Gasteiger partial charge on any atom is -0.467 e. The van der Waals surface area contributed by atoms with Crippen molar-refractivity contribution in [2.45, 2.75) is 36.7 Å². The highest BCUT2D eigenvalue weighted by Gasteiger charge is 2.29. The van der Waals surface area contributed by atoms with Gasteiger partial charge in [-0.25, -0.2) is 9.59 Å². The van der Waals surface area contributed by atoms with Gasteiger partial charge in [0.05, 0.1) is 12.7 Å². The number of rotatable bonds is 8. The highest BCUT2D eigenvalue weighted by atomic mass is 32.2. The third kappa shape index (κ3) is 8.80. The molecule has 0 heterocycles. The molecule has 150 valence electrons. The van der Waals surface area contributed by atoms with Gasteiger partial charge in [0, 0.05) is 4.90 Å². The number of methoxy groups -OCH3 is 1. The number of benzene rings is 1. The Kier molecular flexibility index (Phi) is 8.61. The van der Waals surface area contributed by atoms with Crippen LogP contribution in [0.5, 0.6) is 0 Å². The molecule has 1 aromatic carbocycles. The lowest BCUT2D eigenvalue weighted by Crippen LogP contribution is -2.44.